The molecule has 2 atom stereocenters. The number of rotatable bonds is 5. The smallest absolute Gasteiger partial charge is 0.185 e. The fraction of sp³-hybridized carbons (Fsp3) is 0.786. The minimum Gasteiger partial charge on any atom is -0.371 e. The standard InChI is InChI=1S/C14H22N2OS/c1-2-3-4-12-9-16(14-15-7-8-18-14)10-13(17-12)11-5-6-11/h7-8,11-13H,2-6,9-10H2,1H3/t12-,13-/m1/s1. The summed E-state index contributed by atoms with van der Waals surface area (Å²) in [6.07, 6.45) is 9.20. The Bertz CT molecular complexity index is 364. The molecule has 1 saturated carbocycles. The van der Waals surface area contributed by atoms with E-state index in [9.17, 15) is 0 Å². The number of nitrogens with zero attached hydrogens (tertiary/aromatic N) is 2. The molecule has 1 aromatic heterocycles. The zero-order chi connectivity index (χ0) is 12.4. The van der Waals surface area contributed by atoms with Gasteiger partial charge in [0.05, 0.1) is 12.2 Å². The molecule has 100 valence electrons. The van der Waals surface area contributed by atoms with Crippen LogP contribution in [0.3, 0.4) is 0 Å². The maximum atomic E-state index is 6.28. The van der Waals surface area contributed by atoms with Crippen LogP contribution in [0.15, 0.2) is 11.6 Å². The molecular formula is C14H22N2OS. The van der Waals surface area contributed by atoms with E-state index in [0.29, 0.717) is 12.2 Å². The summed E-state index contributed by atoms with van der Waals surface area (Å²) in [4.78, 5) is 6.90. The summed E-state index contributed by atoms with van der Waals surface area (Å²) >= 11 is 1.75. The first-order valence-corrected chi connectivity index (χ1v) is 8.04. The van der Waals surface area contributed by atoms with E-state index in [-0.39, 0.29) is 0 Å². The Labute approximate surface area is 113 Å². The van der Waals surface area contributed by atoms with Crippen molar-refractivity contribution >= 4 is 16.5 Å². The molecule has 1 aliphatic carbocycles. The van der Waals surface area contributed by atoms with Crippen LogP contribution < -0.4 is 4.90 Å². The van der Waals surface area contributed by atoms with Crippen molar-refractivity contribution in [2.45, 2.75) is 51.2 Å². The maximum Gasteiger partial charge on any atom is 0.185 e. The molecule has 0 aromatic carbocycles. The monoisotopic (exact) mass is 266 g/mol. The van der Waals surface area contributed by atoms with Crippen molar-refractivity contribution in [3.63, 3.8) is 0 Å². The van der Waals surface area contributed by atoms with E-state index in [1.165, 1.54) is 37.2 Å². The van der Waals surface area contributed by atoms with E-state index < -0.39 is 0 Å². The molecule has 18 heavy (non-hydrogen) atoms. The van der Waals surface area contributed by atoms with Gasteiger partial charge in [0.25, 0.3) is 0 Å². The third-order valence-electron chi connectivity index (χ3n) is 3.91. The number of aromatic nitrogens is 1. The van der Waals surface area contributed by atoms with Gasteiger partial charge in [-0.25, -0.2) is 4.98 Å². The van der Waals surface area contributed by atoms with Crippen LogP contribution in [0.1, 0.15) is 39.0 Å². The van der Waals surface area contributed by atoms with Crippen LogP contribution in [0.25, 0.3) is 0 Å². The van der Waals surface area contributed by atoms with Crippen molar-refractivity contribution in [2.24, 2.45) is 5.92 Å². The number of hydrogen-bond donors (Lipinski definition) is 0. The summed E-state index contributed by atoms with van der Waals surface area (Å²) in [5.41, 5.74) is 0. The van der Waals surface area contributed by atoms with Gasteiger partial charge in [0, 0.05) is 24.7 Å². The minimum atomic E-state index is 0.410. The van der Waals surface area contributed by atoms with Crippen molar-refractivity contribution in [3.8, 4) is 0 Å². The Hall–Kier alpha value is -0.610. The van der Waals surface area contributed by atoms with Gasteiger partial charge in [-0.15, -0.1) is 11.3 Å². The van der Waals surface area contributed by atoms with Gasteiger partial charge in [-0.3, -0.25) is 0 Å². The molecule has 0 amide bonds. The maximum absolute atomic E-state index is 6.28. The Morgan fingerprint density at radius 3 is 3.00 bits per heavy atom. The molecule has 1 aromatic rings. The average Bonchev–Trinajstić information content (AvgIpc) is 3.11. The first-order chi connectivity index (χ1) is 8.86. The molecule has 0 unspecified atom stereocenters. The summed E-state index contributed by atoms with van der Waals surface area (Å²) in [7, 11) is 0. The summed E-state index contributed by atoms with van der Waals surface area (Å²) in [6.45, 7) is 4.32. The Kier molecular flexibility index (Phi) is 3.85. The van der Waals surface area contributed by atoms with E-state index in [2.05, 4.69) is 22.2 Å². The van der Waals surface area contributed by atoms with E-state index >= 15 is 0 Å². The lowest BCUT2D eigenvalue weighted by Crippen LogP contribution is -2.48. The van der Waals surface area contributed by atoms with Gasteiger partial charge in [-0.05, 0) is 25.2 Å². The highest BCUT2D eigenvalue weighted by Crippen LogP contribution is 2.38. The summed E-state index contributed by atoms with van der Waals surface area (Å²) in [5.74, 6) is 0.817. The average molecular weight is 266 g/mol. The number of morpholine rings is 1. The fourth-order valence-electron chi connectivity index (χ4n) is 2.72. The van der Waals surface area contributed by atoms with Gasteiger partial charge < -0.3 is 9.64 Å². The Morgan fingerprint density at radius 1 is 1.44 bits per heavy atom. The van der Waals surface area contributed by atoms with Crippen LogP contribution in [0.4, 0.5) is 5.13 Å². The molecule has 0 spiro atoms. The lowest BCUT2D eigenvalue weighted by molar-refractivity contribution is -0.0409. The highest BCUT2D eigenvalue weighted by atomic mass is 32.1. The van der Waals surface area contributed by atoms with Crippen molar-refractivity contribution in [3.05, 3.63) is 11.6 Å². The molecule has 2 fully saturated rings. The van der Waals surface area contributed by atoms with Gasteiger partial charge >= 0.3 is 0 Å². The summed E-state index contributed by atoms with van der Waals surface area (Å²) in [6, 6.07) is 0. The predicted octanol–water partition coefficient (Wildman–Crippen LogP) is 3.32. The molecule has 0 N–H and O–H groups in total. The van der Waals surface area contributed by atoms with Crippen LogP contribution in [0.2, 0.25) is 0 Å². The highest BCUT2D eigenvalue weighted by Gasteiger charge is 2.38. The second kappa shape index (κ2) is 5.57. The van der Waals surface area contributed by atoms with Gasteiger partial charge in [-0.2, -0.15) is 0 Å². The Morgan fingerprint density at radius 2 is 2.33 bits per heavy atom. The van der Waals surface area contributed by atoms with Gasteiger partial charge in [0.1, 0.15) is 0 Å². The lowest BCUT2D eigenvalue weighted by Gasteiger charge is -2.38. The van der Waals surface area contributed by atoms with E-state index in [0.717, 1.165) is 19.0 Å². The number of ether oxygens (including phenoxy) is 1. The SMILES string of the molecule is CCCC[C@@H]1CN(c2nccs2)C[C@H](C2CC2)O1. The van der Waals surface area contributed by atoms with Crippen LogP contribution in [0.5, 0.6) is 0 Å². The molecule has 1 saturated heterocycles. The van der Waals surface area contributed by atoms with Crippen molar-refractivity contribution in [1.82, 2.24) is 4.98 Å². The predicted molar refractivity (Wildman–Crippen MR) is 75.2 cm³/mol. The summed E-state index contributed by atoms with van der Waals surface area (Å²) < 4.78 is 6.28. The largest absolute Gasteiger partial charge is 0.371 e. The van der Waals surface area contributed by atoms with Gasteiger partial charge in [0.15, 0.2) is 5.13 Å². The third kappa shape index (κ3) is 2.86. The lowest BCUT2D eigenvalue weighted by atomic mass is 10.1. The molecule has 3 nitrogen and oxygen atoms in total. The molecule has 4 heteroatoms. The van der Waals surface area contributed by atoms with Crippen LogP contribution >= 0.6 is 11.3 Å². The number of hydrogen-bond acceptors (Lipinski definition) is 4. The second-order valence-electron chi connectivity index (χ2n) is 5.50. The normalized spacial score (nSPS) is 28.6. The third-order valence-corrected chi connectivity index (χ3v) is 4.74. The van der Waals surface area contributed by atoms with Crippen LogP contribution in [-0.4, -0.2) is 30.3 Å². The van der Waals surface area contributed by atoms with Gasteiger partial charge in [-0.1, -0.05) is 19.8 Å². The molecule has 0 bridgehead atoms. The zero-order valence-electron chi connectivity index (χ0n) is 11.0. The van der Waals surface area contributed by atoms with E-state index in [1.54, 1.807) is 11.3 Å². The molecule has 1 aliphatic heterocycles. The zero-order valence-corrected chi connectivity index (χ0v) is 11.9. The van der Waals surface area contributed by atoms with Crippen molar-refractivity contribution in [1.29, 1.82) is 0 Å². The van der Waals surface area contributed by atoms with Gasteiger partial charge in [0.2, 0.25) is 0 Å². The van der Waals surface area contributed by atoms with Crippen molar-refractivity contribution in [2.75, 3.05) is 18.0 Å². The molecule has 0 radical (unpaired) electrons. The topological polar surface area (TPSA) is 25.4 Å². The van der Waals surface area contributed by atoms with Crippen LogP contribution in [0, 0.1) is 5.92 Å². The molecule has 3 rings (SSSR count). The number of unbranched alkanes of at least 4 members (excludes halogenated alkanes) is 1. The highest BCUT2D eigenvalue weighted by molar-refractivity contribution is 7.13. The van der Waals surface area contributed by atoms with E-state index in [1.807, 2.05) is 6.20 Å². The Balaban J connectivity index is 1.66. The van der Waals surface area contributed by atoms with E-state index in [4.69, 9.17) is 4.74 Å². The number of thiazole rings is 1. The molecular weight excluding hydrogens is 244 g/mol. The quantitative estimate of drug-likeness (QED) is 0.817. The first-order valence-electron chi connectivity index (χ1n) is 7.16. The second-order valence-corrected chi connectivity index (χ2v) is 6.37. The fourth-order valence-corrected chi connectivity index (χ4v) is 3.38. The minimum absolute atomic E-state index is 0.410. The summed E-state index contributed by atoms with van der Waals surface area (Å²) in [5, 5.41) is 3.24. The molecule has 2 heterocycles. The molecule has 2 aliphatic rings. The number of anilines is 1. The first kappa shape index (κ1) is 12.4. The van der Waals surface area contributed by atoms with Crippen LogP contribution in [-0.2, 0) is 4.74 Å². The van der Waals surface area contributed by atoms with Crippen molar-refractivity contribution < 1.29 is 4.74 Å².